The van der Waals surface area contributed by atoms with E-state index in [0.717, 1.165) is 17.6 Å². The van der Waals surface area contributed by atoms with Crippen LogP contribution in [-0.2, 0) is 11.3 Å². The van der Waals surface area contributed by atoms with E-state index in [-0.39, 0.29) is 0 Å². The molecule has 1 heterocycles. The highest BCUT2D eigenvalue weighted by atomic mass is 35.5. The molecule has 0 aliphatic heterocycles. The third-order valence-corrected chi connectivity index (χ3v) is 3.42. The summed E-state index contributed by atoms with van der Waals surface area (Å²) in [6.07, 6.45) is 4.16. The van der Waals surface area contributed by atoms with E-state index < -0.39 is 0 Å². The number of aromatic nitrogens is 3. The largest absolute Gasteiger partial charge is 0.376 e. The topological polar surface area (TPSA) is 39.9 Å². The summed E-state index contributed by atoms with van der Waals surface area (Å²) in [6, 6.07) is 5.60. The summed E-state index contributed by atoms with van der Waals surface area (Å²) in [5.74, 6) is 0. The van der Waals surface area contributed by atoms with Crippen molar-refractivity contribution in [2.75, 3.05) is 6.61 Å². The first kappa shape index (κ1) is 11.0. The summed E-state index contributed by atoms with van der Waals surface area (Å²) < 4.78 is 7.56. The lowest BCUT2D eigenvalue weighted by atomic mass is 9.96. The molecule has 0 amide bonds. The SMILES string of the molecule is Clc1ccc2nnn(CCOC3CCC3)c2c1. The molecule has 0 atom stereocenters. The molecule has 1 aromatic heterocycles. The van der Waals surface area contributed by atoms with Gasteiger partial charge in [-0.25, -0.2) is 4.68 Å². The van der Waals surface area contributed by atoms with Crippen LogP contribution >= 0.6 is 11.6 Å². The van der Waals surface area contributed by atoms with Crippen LogP contribution in [0.25, 0.3) is 11.0 Å². The maximum absolute atomic E-state index is 5.96. The molecular weight excluding hydrogens is 238 g/mol. The maximum atomic E-state index is 5.96. The first-order chi connectivity index (χ1) is 8.33. The van der Waals surface area contributed by atoms with Crippen molar-refractivity contribution >= 4 is 22.6 Å². The lowest BCUT2D eigenvalue weighted by Crippen LogP contribution is -2.23. The second kappa shape index (κ2) is 4.63. The summed E-state index contributed by atoms with van der Waals surface area (Å²) in [5, 5.41) is 8.90. The Morgan fingerprint density at radius 1 is 1.41 bits per heavy atom. The minimum atomic E-state index is 0.466. The van der Waals surface area contributed by atoms with Gasteiger partial charge in [-0.05, 0) is 37.5 Å². The number of fused-ring (bicyclic) bond motifs is 1. The van der Waals surface area contributed by atoms with Gasteiger partial charge in [-0.15, -0.1) is 5.10 Å². The molecule has 17 heavy (non-hydrogen) atoms. The molecule has 0 N–H and O–H groups in total. The first-order valence-electron chi connectivity index (χ1n) is 5.93. The number of halogens is 1. The Morgan fingerprint density at radius 3 is 3.06 bits per heavy atom. The van der Waals surface area contributed by atoms with Crippen molar-refractivity contribution in [1.29, 1.82) is 0 Å². The van der Waals surface area contributed by atoms with E-state index in [9.17, 15) is 0 Å². The second-order valence-electron chi connectivity index (χ2n) is 4.37. The van der Waals surface area contributed by atoms with Crippen molar-refractivity contribution < 1.29 is 4.74 Å². The van der Waals surface area contributed by atoms with Gasteiger partial charge in [-0.1, -0.05) is 16.8 Å². The second-order valence-corrected chi connectivity index (χ2v) is 4.81. The normalized spacial score (nSPS) is 16.3. The fourth-order valence-corrected chi connectivity index (χ4v) is 2.11. The van der Waals surface area contributed by atoms with E-state index in [1.54, 1.807) is 0 Å². The van der Waals surface area contributed by atoms with E-state index in [0.29, 0.717) is 17.7 Å². The number of rotatable bonds is 4. The number of ether oxygens (including phenoxy) is 1. The van der Waals surface area contributed by atoms with Crippen molar-refractivity contribution in [2.24, 2.45) is 0 Å². The van der Waals surface area contributed by atoms with Crippen LogP contribution in [0.3, 0.4) is 0 Å². The molecule has 1 saturated carbocycles. The predicted molar refractivity (Wildman–Crippen MR) is 66.1 cm³/mol. The minimum absolute atomic E-state index is 0.466. The molecule has 0 saturated heterocycles. The van der Waals surface area contributed by atoms with Gasteiger partial charge in [-0.3, -0.25) is 0 Å². The van der Waals surface area contributed by atoms with Crippen LogP contribution in [0.4, 0.5) is 0 Å². The zero-order valence-corrected chi connectivity index (χ0v) is 10.2. The van der Waals surface area contributed by atoms with Crippen LogP contribution in [0.15, 0.2) is 18.2 Å². The lowest BCUT2D eigenvalue weighted by molar-refractivity contribution is -0.00212. The average molecular weight is 252 g/mol. The third-order valence-electron chi connectivity index (χ3n) is 3.18. The van der Waals surface area contributed by atoms with Crippen LogP contribution in [0, 0.1) is 0 Å². The molecule has 2 aromatic rings. The first-order valence-corrected chi connectivity index (χ1v) is 6.31. The lowest BCUT2D eigenvalue weighted by Gasteiger charge is -2.25. The Kier molecular flexibility index (Phi) is 2.99. The van der Waals surface area contributed by atoms with Crippen LogP contribution in [0.2, 0.25) is 5.02 Å². The fraction of sp³-hybridized carbons (Fsp3) is 0.500. The molecule has 1 fully saturated rings. The van der Waals surface area contributed by atoms with Crippen LogP contribution < -0.4 is 0 Å². The Balaban J connectivity index is 1.69. The highest BCUT2D eigenvalue weighted by Gasteiger charge is 2.17. The smallest absolute Gasteiger partial charge is 0.113 e. The third kappa shape index (κ3) is 2.28. The molecule has 0 bridgehead atoms. The molecule has 0 unspecified atom stereocenters. The van der Waals surface area contributed by atoms with Crippen LogP contribution in [0.1, 0.15) is 19.3 Å². The molecule has 90 valence electrons. The highest BCUT2D eigenvalue weighted by molar-refractivity contribution is 6.31. The summed E-state index contributed by atoms with van der Waals surface area (Å²) in [7, 11) is 0. The highest BCUT2D eigenvalue weighted by Crippen LogP contribution is 2.22. The maximum Gasteiger partial charge on any atom is 0.113 e. The van der Waals surface area contributed by atoms with Gasteiger partial charge in [-0.2, -0.15) is 0 Å². The Hall–Kier alpha value is -1.13. The van der Waals surface area contributed by atoms with Gasteiger partial charge in [0.05, 0.1) is 24.8 Å². The van der Waals surface area contributed by atoms with Crippen LogP contribution in [-0.4, -0.2) is 27.7 Å². The number of nitrogens with zero attached hydrogens (tertiary/aromatic N) is 3. The Labute approximate surface area is 105 Å². The quantitative estimate of drug-likeness (QED) is 0.839. The van der Waals surface area contributed by atoms with E-state index in [2.05, 4.69) is 10.3 Å². The molecule has 0 radical (unpaired) electrons. The van der Waals surface area contributed by atoms with Crippen molar-refractivity contribution in [2.45, 2.75) is 31.9 Å². The molecule has 3 rings (SSSR count). The van der Waals surface area contributed by atoms with Gasteiger partial charge < -0.3 is 4.74 Å². The van der Waals surface area contributed by atoms with Gasteiger partial charge in [0.15, 0.2) is 0 Å². The molecule has 4 nitrogen and oxygen atoms in total. The number of hydrogen-bond donors (Lipinski definition) is 0. The summed E-state index contributed by atoms with van der Waals surface area (Å²) >= 11 is 5.96. The minimum Gasteiger partial charge on any atom is -0.376 e. The van der Waals surface area contributed by atoms with Crippen molar-refractivity contribution in [3.8, 4) is 0 Å². The zero-order chi connectivity index (χ0) is 11.7. The summed E-state index contributed by atoms with van der Waals surface area (Å²) in [5.41, 5.74) is 1.84. The molecular formula is C12H14ClN3O. The van der Waals surface area contributed by atoms with E-state index in [1.165, 1.54) is 19.3 Å². The van der Waals surface area contributed by atoms with E-state index in [1.807, 2.05) is 22.9 Å². The van der Waals surface area contributed by atoms with E-state index in [4.69, 9.17) is 16.3 Å². The van der Waals surface area contributed by atoms with Crippen molar-refractivity contribution in [3.63, 3.8) is 0 Å². The van der Waals surface area contributed by atoms with Crippen molar-refractivity contribution in [1.82, 2.24) is 15.0 Å². The molecule has 0 spiro atoms. The predicted octanol–water partition coefficient (Wildman–Crippen LogP) is 2.65. The summed E-state index contributed by atoms with van der Waals surface area (Å²) in [4.78, 5) is 0. The monoisotopic (exact) mass is 251 g/mol. The van der Waals surface area contributed by atoms with Gasteiger partial charge in [0, 0.05) is 5.02 Å². The Morgan fingerprint density at radius 2 is 2.29 bits per heavy atom. The van der Waals surface area contributed by atoms with Crippen molar-refractivity contribution in [3.05, 3.63) is 23.2 Å². The molecule has 1 aliphatic rings. The molecule has 1 aromatic carbocycles. The van der Waals surface area contributed by atoms with Gasteiger partial charge in [0.25, 0.3) is 0 Å². The van der Waals surface area contributed by atoms with Gasteiger partial charge >= 0.3 is 0 Å². The number of benzene rings is 1. The average Bonchev–Trinajstić information content (AvgIpc) is 2.64. The molecule has 5 heteroatoms. The van der Waals surface area contributed by atoms with E-state index >= 15 is 0 Å². The van der Waals surface area contributed by atoms with Crippen LogP contribution in [0.5, 0.6) is 0 Å². The zero-order valence-electron chi connectivity index (χ0n) is 9.47. The van der Waals surface area contributed by atoms with Gasteiger partial charge in [0.2, 0.25) is 0 Å². The summed E-state index contributed by atoms with van der Waals surface area (Å²) in [6.45, 7) is 1.42. The number of hydrogen-bond acceptors (Lipinski definition) is 3. The standard InChI is InChI=1S/C12H14ClN3O/c13-9-4-5-11-12(8-9)16(15-14-11)6-7-17-10-2-1-3-10/h4-5,8,10H,1-3,6-7H2. The Bertz CT molecular complexity index is 521. The van der Waals surface area contributed by atoms with Gasteiger partial charge in [0.1, 0.15) is 5.52 Å². The fourth-order valence-electron chi connectivity index (χ4n) is 1.95. The molecule has 1 aliphatic carbocycles.